The summed E-state index contributed by atoms with van der Waals surface area (Å²) in [5.74, 6) is -0.638. The summed E-state index contributed by atoms with van der Waals surface area (Å²) in [6, 6.07) is 9.26. The minimum atomic E-state index is -1.31. The van der Waals surface area contributed by atoms with Crippen LogP contribution in [0.25, 0.3) is 0 Å². The molecule has 3 N–H and O–H groups in total. The van der Waals surface area contributed by atoms with E-state index in [0.29, 0.717) is 0 Å². The van der Waals surface area contributed by atoms with Crippen LogP contribution >= 0.6 is 0 Å². The number of hydrogen-bond acceptors (Lipinski definition) is 4. The number of amides is 1. The van der Waals surface area contributed by atoms with Gasteiger partial charge in [-0.3, -0.25) is 4.79 Å². The van der Waals surface area contributed by atoms with Crippen LogP contribution in [-0.4, -0.2) is 35.0 Å². The van der Waals surface area contributed by atoms with Gasteiger partial charge >= 0.3 is 0 Å². The molecule has 0 aliphatic carbocycles. The first-order valence-corrected chi connectivity index (χ1v) is 5.64. The second-order valence-corrected chi connectivity index (χ2v) is 4.69. The van der Waals surface area contributed by atoms with Crippen LogP contribution in [0.1, 0.15) is 19.4 Å². The molecule has 0 fully saturated rings. The highest BCUT2D eigenvalue weighted by molar-refractivity contribution is 5.84. The molecule has 0 bridgehead atoms. The van der Waals surface area contributed by atoms with Crippen LogP contribution in [0.15, 0.2) is 35.4 Å². The molecule has 1 atom stereocenters. The minimum Gasteiger partial charge on any atom is -0.396 e. The molecular formula is C13H18N2O3. The zero-order chi connectivity index (χ0) is 13.6. The van der Waals surface area contributed by atoms with Gasteiger partial charge in [0.05, 0.1) is 12.8 Å². The number of aliphatic hydroxyl groups excluding tert-OH is 2. The lowest BCUT2D eigenvalue weighted by molar-refractivity contribution is -0.137. The number of nitrogens with zero attached hydrogens (tertiary/aromatic N) is 1. The summed E-state index contributed by atoms with van der Waals surface area (Å²) in [4.78, 5) is 11.6. The number of carbonyl (C=O) groups excluding carboxylic acids is 1. The molecule has 98 valence electrons. The van der Waals surface area contributed by atoms with Crippen molar-refractivity contribution in [3.63, 3.8) is 0 Å². The van der Waals surface area contributed by atoms with Gasteiger partial charge < -0.3 is 10.2 Å². The molecule has 1 aromatic rings. The maximum Gasteiger partial charge on any atom is 0.269 e. The fourth-order valence-corrected chi connectivity index (χ4v) is 1.21. The summed E-state index contributed by atoms with van der Waals surface area (Å²) in [5.41, 5.74) is 2.19. The summed E-state index contributed by atoms with van der Waals surface area (Å²) in [7, 11) is 0. The van der Waals surface area contributed by atoms with Crippen molar-refractivity contribution in [1.82, 2.24) is 5.43 Å². The molecule has 5 nitrogen and oxygen atoms in total. The van der Waals surface area contributed by atoms with Crippen LogP contribution in [-0.2, 0) is 4.79 Å². The Hall–Kier alpha value is -1.72. The van der Waals surface area contributed by atoms with Gasteiger partial charge in [-0.2, -0.15) is 5.10 Å². The lowest BCUT2D eigenvalue weighted by atomic mass is 9.87. The van der Waals surface area contributed by atoms with Gasteiger partial charge in [0.25, 0.3) is 5.91 Å². The zero-order valence-electron chi connectivity index (χ0n) is 10.5. The number of benzene rings is 1. The Kier molecular flexibility index (Phi) is 5.00. The predicted molar refractivity (Wildman–Crippen MR) is 69.1 cm³/mol. The van der Waals surface area contributed by atoms with Gasteiger partial charge in [0, 0.05) is 5.41 Å². The summed E-state index contributed by atoms with van der Waals surface area (Å²) in [6.07, 6.45) is 0.173. The predicted octanol–water partition coefficient (Wildman–Crippen LogP) is 0.516. The smallest absolute Gasteiger partial charge is 0.269 e. The highest BCUT2D eigenvalue weighted by atomic mass is 16.3. The molecule has 0 heterocycles. The second-order valence-electron chi connectivity index (χ2n) is 4.69. The van der Waals surface area contributed by atoms with Crippen molar-refractivity contribution in [2.45, 2.75) is 20.0 Å². The van der Waals surface area contributed by atoms with E-state index >= 15 is 0 Å². The van der Waals surface area contributed by atoms with Crippen LogP contribution < -0.4 is 5.43 Å². The van der Waals surface area contributed by atoms with Gasteiger partial charge in [-0.25, -0.2) is 5.43 Å². The Morgan fingerprint density at radius 2 is 2.06 bits per heavy atom. The van der Waals surface area contributed by atoms with Gasteiger partial charge in [-0.1, -0.05) is 44.2 Å². The quantitative estimate of drug-likeness (QED) is 0.526. The summed E-state index contributed by atoms with van der Waals surface area (Å²) < 4.78 is 0. The first-order chi connectivity index (χ1) is 8.47. The SMILES string of the molecule is CC(C)(CO)[C@H](O)C(=O)N/N=C\c1ccccc1. The Balaban J connectivity index is 2.54. The molecular weight excluding hydrogens is 232 g/mol. The van der Waals surface area contributed by atoms with E-state index in [-0.39, 0.29) is 6.61 Å². The third-order valence-corrected chi connectivity index (χ3v) is 2.58. The molecule has 0 aliphatic rings. The van der Waals surface area contributed by atoms with Crippen LogP contribution in [0.3, 0.4) is 0 Å². The Morgan fingerprint density at radius 3 is 2.61 bits per heavy atom. The van der Waals surface area contributed by atoms with E-state index in [1.54, 1.807) is 13.8 Å². The number of carbonyl (C=O) groups is 1. The molecule has 0 radical (unpaired) electrons. The van der Waals surface area contributed by atoms with Crippen LogP contribution in [0, 0.1) is 5.41 Å². The Labute approximate surface area is 106 Å². The molecule has 0 spiro atoms. The summed E-state index contributed by atoms with van der Waals surface area (Å²) in [5, 5.41) is 22.5. The third kappa shape index (κ3) is 3.94. The first-order valence-electron chi connectivity index (χ1n) is 5.64. The molecule has 0 aromatic heterocycles. The van der Waals surface area contributed by atoms with E-state index in [9.17, 15) is 9.90 Å². The van der Waals surface area contributed by atoms with Crippen LogP contribution in [0.5, 0.6) is 0 Å². The fourth-order valence-electron chi connectivity index (χ4n) is 1.21. The van der Waals surface area contributed by atoms with Gasteiger partial charge in [0.1, 0.15) is 6.10 Å². The molecule has 0 aliphatic heterocycles. The lowest BCUT2D eigenvalue weighted by Crippen LogP contribution is -2.44. The maximum absolute atomic E-state index is 11.6. The fraction of sp³-hybridized carbons (Fsp3) is 0.385. The van der Waals surface area contributed by atoms with E-state index in [1.807, 2.05) is 30.3 Å². The number of nitrogens with one attached hydrogen (secondary N) is 1. The standard InChI is InChI=1S/C13H18N2O3/c1-13(2,9-16)11(17)12(18)15-14-8-10-6-4-3-5-7-10/h3-8,11,16-17H,9H2,1-2H3,(H,15,18)/b14-8-/t11-/m1/s1. The van der Waals surface area contributed by atoms with E-state index < -0.39 is 17.4 Å². The largest absolute Gasteiger partial charge is 0.396 e. The molecule has 0 saturated carbocycles. The minimum absolute atomic E-state index is 0.288. The first kappa shape index (κ1) is 14.3. The van der Waals surface area contributed by atoms with Crippen molar-refractivity contribution in [1.29, 1.82) is 0 Å². The zero-order valence-corrected chi connectivity index (χ0v) is 10.5. The number of hydrogen-bond donors (Lipinski definition) is 3. The van der Waals surface area contributed by atoms with Crippen molar-refractivity contribution < 1.29 is 15.0 Å². The van der Waals surface area contributed by atoms with E-state index in [1.165, 1.54) is 6.21 Å². The summed E-state index contributed by atoms with van der Waals surface area (Å²) >= 11 is 0. The monoisotopic (exact) mass is 250 g/mol. The van der Waals surface area contributed by atoms with Gasteiger partial charge in [-0.05, 0) is 5.56 Å². The van der Waals surface area contributed by atoms with E-state index in [0.717, 1.165) is 5.56 Å². The van der Waals surface area contributed by atoms with Gasteiger partial charge in [0.2, 0.25) is 0 Å². The topological polar surface area (TPSA) is 81.9 Å². The van der Waals surface area contributed by atoms with E-state index in [4.69, 9.17) is 5.11 Å². The average molecular weight is 250 g/mol. The van der Waals surface area contributed by atoms with Gasteiger partial charge in [-0.15, -0.1) is 0 Å². The molecule has 1 rings (SSSR count). The number of aliphatic hydroxyl groups is 2. The Bertz CT molecular complexity index is 416. The van der Waals surface area contributed by atoms with Crippen molar-refractivity contribution in [3.05, 3.63) is 35.9 Å². The molecule has 0 saturated heterocycles. The van der Waals surface area contributed by atoms with Crippen molar-refractivity contribution in [2.24, 2.45) is 10.5 Å². The lowest BCUT2D eigenvalue weighted by Gasteiger charge is -2.26. The highest BCUT2D eigenvalue weighted by Crippen LogP contribution is 2.19. The maximum atomic E-state index is 11.6. The van der Waals surface area contributed by atoms with Crippen LogP contribution in [0.4, 0.5) is 0 Å². The Morgan fingerprint density at radius 1 is 1.44 bits per heavy atom. The highest BCUT2D eigenvalue weighted by Gasteiger charge is 2.32. The molecule has 1 aromatic carbocycles. The number of hydrazone groups is 1. The normalized spacial score (nSPS) is 13.6. The van der Waals surface area contributed by atoms with Crippen molar-refractivity contribution >= 4 is 12.1 Å². The molecule has 18 heavy (non-hydrogen) atoms. The molecule has 5 heteroatoms. The molecule has 1 amide bonds. The number of rotatable bonds is 5. The second kappa shape index (κ2) is 6.28. The van der Waals surface area contributed by atoms with Crippen molar-refractivity contribution in [3.8, 4) is 0 Å². The molecule has 0 unspecified atom stereocenters. The van der Waals surface area contributed by atoms with Gasteiger partial charge in [0.15, 0.2) is 0 Å². The van der Waals surface area contributed by atoms with E-state index in [2.05, 4.69) is 10.5 Å². The average Bonchev–Trinajstić information content (AvgIpc) is 2.39. The van der Waals surface area contributed by atoms with Crippen LogP contribution in [0.2, 0.25) is 0 Å². The third-order valence-electron chi connectivity index (χ3n) is 2.58. The van der Waals surface area contributed by atoms with Crippen molar-refractivity contribution in [2.75, 3.05) is 6.61 Å². The summed E-state index contributed by atoms with van der Waals surface area (Å²) in [6.45, 7) is 2.90.